The summed E-state index contributed by atoms with van der Waals surface area (Å²) in [5.74, 6) is -1.92. The summed E-state index contributed by atoms with van der Waals surface area (Å²) in [6, 6.07) is 13.2. The molecule has 0 unspecified atom stereocenters. The van der Waals surface area contributed by atoms with E-state index in [1.807, 2.05) is 0 Å². The fourth-order valence-corrected chi connectivity index (χ4v) is 3.00. The van der Waals surface area contributed by atoms with E-state index in [9.17, 15) is 18.4 Å². The lowest BCUT2D eigenvalue weighted by Crippen LogP contribution is -2.31. The van der Waals surface area contributed by atoms with Crippen molar-refractivity contribution in [3.8, 4) is 11.5 Å². The molecule has 2 heterocycles. The molecular formula is C23H16F2N4O3. The number of ether oxygens (including phenoxy) is 1. The van der Waals surface area contributed by atoms with Gasteiger partial charge in [-0.1, -0.05) is 0 Å². The highest BCUT2D eigenvalue weighted by atomic mass is 19.1. The molecule has 0 bridgehead atoms. The van der Waals surface area contributed by atoms with Crippen molar-refractivity contribution in [2.24, 2.45) is 0 Å². The van der Waals surface area contributed by atoms with Crippen LogP contribution in [0.4, 0.5) is 25.8 Å². The zero-order valence-corrected chi connectivity index (χ0v) is 16.5. The van der Waals surface area contributed by atoms with Crippen molar-refractivity contribution in [3.63, 3.8) is 0 Å². The van der Waals surface area contributed by atoms with E-state index in [1.165, 1.54) is 61.1 Å². The largest absolute Gasteiger partial charge is 0.452 e. The predicted molar refractivity (Wildman–Crippen MR) is 115 cm³/mol. The van der Waals surface area contributed by atoms with Crippen molar-refractivity contribution < 1.29 is 18.3 Å². The highest BCUT2D eigenvalue weighted by molar-refractivity contribution is 6.10. The molecule has 9 heteroatoms. The van der Waals surface area contributed by atoms with Crippen LogP contribution in [0.1, 0.15) is 10.4 Å². The molecule has 0 saturated carbocycles. The number of pyridine rings is 2. The molecule has 4 rings (SSSR count). The monoisotopic (exact) mass is 434 g/mol. The summed E-state index contributed by atoms with van der Waals surface area (Å²) >= 11 is 0. The van der Waals surface area contributed by atoms with Gasteiger partial charge in [0.1, 0.15) is 11.4 Å². The molecule has 0 saturated heterocycles. The van der Waals surface area contributed by atoms with Gasteiger partial charge in [0, 0.05) is 30.2 Å². The van der Waals surface area contributed by atoms with Crippen LogP contribution in [0.5, 0.6) is 11.5 Å². The standard InChI is InChI=1S/C23H16F2N4O3/c24-14-3-5-15(6-4-14)29(23(31)17-2-1-10-28-22(17)30)16-7-8-20(18(25)12-16)32-21-9-11-27-13-19(21)26/h1-13H,26H2,(H,28,30). The van der Waals surface area contributed by atoms with Crippen molar-refractivity contribution in [2.45, 2.75) is 0 Å². The zero-order valence-electron chi connectivity index (χ0n) is 16.5. The summed E-state index contributed by atoms with van der Waals surface area (Å²) in [5, 5.41) is 0. The van der Waals surface area contributed by atoms with Crippen LogP contribution in [0.2, 0.25) is 0 Å². The Hall–Kier alpha value is -4.53. The Balaban J connectivity index is 1.76. The van der Waals surface area contributed by atoms with Crippen molar-refractivity contribution in [2.75, 3.05) is 10.6 Å². The van der Waals surface area contributed by atoms with E-state index in [1.54, 1.807) is 0 Å². The van der Waals surface area contributed by atoms with Crippen molar-refractivity contribution in [1.82, 2.24) is 9.97 Å². The average Bonchev–Trinajstić information content (AvgIpc) is 2.78. The Bertz CT molecular complexity index is 1340. The van der Waals surface area contributed by atoms with E-state index in [-0.39, 0.29) is 34.1 Å². The molecule has 2 aromatic heterocycles. The van der Waals surface area contributed by atoms with E-state index >= 15 is 0 Å². The highest BCUT2D eigenvalue weighted by Gasteiger charge is 2.23. The van der Waals surface area contributed by atoms with Crippen LogP contribution in [-0.2, 0) is 0 Å². The van der Waals surface area contributed by atoms with Gasteiger partial charge in [-0.15, -0.1) is 0 Å². The first-order chi connectivity index (χ1) is 15.4. The molecule has 7 nitrogen and oxygen atoms in total. The molecule has 4 aromatic rings. The molecular weight excluding hydrogens is 418 g/mol. The van der Waals surface area contributed by atoms with Crippen LogP contribution in [0.25, 0.3) is 0 Å². The number of hydrogen-bond acceptors (Lipinski definition) is 5. The Labute approximate surface area is 180 Å². The number of carbonyl (C=O) groups excluding carboxylic acids is 1. The maximum Gasteiger partial charge on any atom is 0.268 e. The Morgan fingerprint density at radius 2 is 1.75 bits per heavy atom. The Morgan fingerprint density at radius 3 is 2.44 bits per heavy atom. The lowest BCUT2D eigenvalue weighted by molar-refractivity contribution is 0.0997. The van der Waals surface area contributed by atoms with Gasteiger partial charge in [-0.3, -0.25) is 19.5 Å². The number of hydrogen-bond donors (Lipinski definition) is 2. The minimum absolute atomic E-state index is 0.109. The van der Waals surface area contributed by atoms with Crippen LogP contribution < -0.4 is 20.9 Å². The maximum absolute atomic E-state index is 14.9. The topological polar surface area (TPSA) is 101 Å². The SMILES string of the molecule is Nc1cnccc1Oc1ccc(N(C(=O)c2ccc[nH]c2=O)c2ccc(F)cc2)cc1F. The number of carbonyl (C=O) groups is 1. The second-order valence-corrected chi connectivity index (χ2v) is 6.66. The summed E-state index contributed by atoms with van der Waals surface area (Å²) in [4.78, 5) is 32.8. The number of aromatic nitrogens is 2. The Kier molecular flexibility index (Phi) is 5.63. The number of rotatable bonds is 5. The predicted octanol–water partition coefficient (Wildman–Crippen LogP) is 4.40. The number of nitrogens with zero attached hydrogens (tertiary/aromatic N) is 2. The summed E-state index contributed by atoms with van der Waals surface area (Å²) < 4.78 is 33.9. The van der Waals surface area contributed by atoms with Crippen molar-refractivity contribution >= 4 is 23.0 Å². The second-order valence-electron chi connectivity index (χ2n) is 6.66. The highest BCUT2D eigenvalue weighted by Crippen LogP contribution is 2.33. The lowest BCUT2D eigenvalue weighted by Gasteiger charge is -2.23. The van der Waals surface area contributed by atoms with Crippen LogP contribution in [0, 0.1) is 11.6 Å². The number of nitrogen functional groups attached to an aromatic ring is 1. The first-order valence-corrected chi connectivity index (χ1v) is 9.38. The summed E-state index contributed by atoms with van der Waals surface area (Å²) in [5.41, 5.74) is 5.57. The summed E-state index contributed by atoms with van der Waals surface area (Å²) in [7, 11) is 0. The molecule has 0 atom stereocenters. The molecule has 0 aliphatic rings. The molecule has 0 spiro atoms. The number of nitrogens with one attached hydrogen (secondary N) is 1. The fourth-order valence-electron chi connectivity index (χ4n) is 3.00. The van der Waals surface area contributed by atoms with E-state index in [2.05, 4.69) is 9.97 Å². The number of halogens is 2. The number of benzene rings is 2. The smallest absolute Gasteiger partial charge is 0.268 e. The third kappa shape index (κ3) is 4.17. The van der Waals surface area contributed by atoms with Crippen LogP contribution in [-0.4, -0.2) is 15.9 Å². The molecule has 0 fully saturated rings. The maximum atomic E-state index is 14.9. The third-order valence-corrected chi connectivity index (χ3v) is 4.54. The van der Waals surface area contributed by atoms with E-state index in [4.69, 9.17) is 10.5 Å². The first-order valence-electron chi connectivity index (χ1n) is 9.38. The van der Waals surface area contributed by atoms with Gasteiger partial charge < -0.3 is 15.5 Å². The van der Waals surface area contributed by atoms with Crippen LogP contribution >= 0.6 is 0 Å². The molecule has 160 valence electrons. The van der Waals surface area contributed by atoms with E-state index in [0.29, 0.717) is 0 Å². The molecule has 0 aliphatic heterocycles. The van der Waals surface area contributed by atoms with Gasteiger partial charge in [-0.25, -0.2) is 8.78 Å². The third-order valence-electron chi connectivity index (χ3n) is 4.54. The van der Waals surface area contributed by atoms with E-state index < -0.39 is 23.1 Å². The minimum Gasteiger partial charge on any atom is -0.452 e. The normalized spacial score (nSPS) is 10.6. The van der Waals surface area contributed by atoms with Crippen LogP contribution in [0.15, 0.2) is 84.0 Å². The van der Waals surface area contributed by atoms with Crippen LogP contribution in [0.3, 0.4) is 0 Å². The number of anilines is 3. The average molecular weight is 434 g/mol. The summed E-state index contributed by atoms with van der Waals surface area (Å²) in [6.07, 6.45) is 4.20. The lowest BCUT2D eigenvalue weighted by atomic mass is 10.1. The van der Waals surface area contributed by atoms with Gasteiger partial charge in [0.15, 0.2) is 17.3 Å². The number of nitrogens with two attached hydrogens (primary N) is 1. The minimum atomic E-state index is -0.777. The fraction of sp³-hybridized carbons (Fsp3) is 0. The zero-order chi connectivity index (χ0) is 22.7. The second kappa shape index (κ2) is 8.68. The molecule has 1 amide bonds. The van der Waals surface area contributed by atoms with Gasteiger partial charge >= 0.3 is 0 Å². The van der Waals surface area contributed by atoms with E-state index in [0.717, 1.165) is 23.1 Å². The van der Waals surface area contributed by atoms with Gasteiger partial charge in [0.25, 0.3) is 11.5 Å². The van der Waals surface area contributed by atoms with Gasteiger partial charge in [0.05, 0.1) is 17.6 Å². The number of H-pyrrole nitrogens is 1. The van der Waals surface area contributed by atoms with Crippen molar-refractivity contribution in [1.29, 1.82) is 0 Å². The Morgan fingerprint density at radius 1 is 1.00 bits per heavy atom. The molecule has 0 aliphatic carbocycles. The first kappa shape index (κ1) is 20.7. The summed E-state index contributed by atoms with van der Waals surface area (Å²) in [6.45, 7) is 0. The number of amides is 1. The van der Waals surface area contributed by atoms with Gasteiger partial charge in [0.2, 0.25) is 0 Å². The van der Waals surface area contributed by atoms with Gasteiger partial charge in [-0.2, -0.15) is 0 Å². The molecule has 2 aromatic carbocycles. The quantitative estimate of drug-likeness (QED) is 0.485. The van der Waals surface area contributed by atoms with Gasteiger partial charge in [-0.05, 0) is 48.5 Å². The number of aromatic amines is 1. The van der Waals surface area contributed by atoms with Crippen molar-refractivity contribution in [3.05, 3.63) is 107 Å². The molecule has 3 N–H and O–H groups in total. The molecule has 32 heavy (non-hydrogen) atoms. The molecule has 0 radical (unpaired) electrons.